The number of hydrogen-bond donors (Lipinski definition) is 1. The molecule has 106 valence electrons. The van der Waals surface area contributed by atoms with Crippen LogP contribution in [0.15, 0.2) is 46.9 Å². The standard InChI is InChI=1S/C16H16BrF2N/c1-2-20-16(11-4-3-5-13(17)8-11)10-12-9-14(18)6-7-15(12)19/h3-9,16,20H,2,10H2,1H3. The summed E-state index contributed by atoms with van der Waals surface area (Å²) < 4.78 is 28.0. The van der Waals surface area contributed by atoms with Crippen molar-refractivity contribution in [3.63, 3.8) is 0 Å². The summed E-state index contributed by atoms with van der Waals surface area (Å²) in [6.07, 6.45) is 0.411. The molecule has 0 saturated heterocycles. The lowest BCUT2D eigenvalue weighted by molar-refractivity contribution is 0.522. The van der Waals surface area contributed by atoms with Gasteiger partial charge in [-0.2, -0.15) is 0 Å². The van der Waals surface area contributed by atoms with Crippen LogP contribution in [-0.4, -0.2) is 6.54 Å². The molecule has 0 aliphatic rings. The molecule has 1 atom stereocenters. The van der Waals surface area contributed by atoms with Crippen LogP contribution < -0.4 is 5.32 Å². The smallest absolute Gasteiger partial charge is 0.126 e. The molecule has 0 heterocycles. The Kier molecular flexibility index (Phi) is 5.26. The fraction of sp³-hybridized carbons (Fsp3) is 0.250. The molecule has 0 amide bonds. The summed E-state index contributed by atoms with van der Waals surface area (Å²) in [6, 6.07) is 11.4. The van der Waals surface area contributed by atoms with E-state index < -0.39 is 5.82 Å². The van der Waals surface area contributed by atoms with E-state index >= 15 is 0 Å². The van der Waals surface area contributed by atoms with E-state index in [2.05, 4.69) is 21.2 Å². The predicted octanol–water partition coefficient (Wildman–Crippen LogP) is 4.62. The third-order valence-corrected chi connectivity index (χ3v) is 3.63. The van der Waals surface area contributed by atoms with Gasteiger partial charge in [-0.15, -0.1) is 0 Å². The average molecular weight is 340 g/mol. The molecule has 20 heavy (non-hydrogen) atoms. The van der Waals surface area contributed by atoms with Gasteiger partial charge in [0.15, 0.2) is 0 Å². The molecule has 0 aliphatic carbocycles. The van der Waals surface area contributed by atoms with Crippen LogP contribution in [0.25, 0.3) is 0 Å². The van der Waals surface area contributed by atoms with Gasteiger partial charge < -0.3 is 5.32 Å². The molecule has 0 aliphatic heterocycles. The van der Waals surface area contributed by atoms with Crippen molar-refractivity contribution in [1.29, 1.82) is 0 Å². The van der Waals surface area contributed by atoms with Crippen molar-refractivity contribution >= 4 is 15.9 Å². The van der Waals surface area contributed by atoms with E-state index in [9.17, 15) is 8.78 Å². The molecule has 0 radical (unpaired) electrons. The lowest BCUT2D eigenvalue weighted by Gasteiger charge is -2.19. The summed E-state index contributed by atoms with van der Waals surface area (Å²) in [6.45, 7) is 2.75. The lowest BCUT2D eigenvalue weighted by atomic mass is 9.98. The fourth-order valence-electron chi connectivity index (χ4n) is 2.20. The van der Waals surface area contributed by atoms with E-state index in [0.29, 0.717) is 12.0 Å². The first-order valence-electron chi connectivity index (χ1n) is 6.53. The Morgan fingerprint density at radius 1 is 1.15 bits per heavy atom. The van der Waals surface area contributed by atoms with E-state index in [1.54, 1.807) is 0 Å². The zero-order valence-electron chi connectivity index (χ0n) is 11.2. The zero-order chi connectivity index (χ0) is 14.5. The van der Waals surface area contributed by atoms with Crippen molar-refractivity contribution in [2.75, 3.05) is 6.54 Å². The second-order valence-corrected chi connectivity index (χ2v) is 5.52. The Morgan fingerprint density at radius 3 is 2.65 bits per heavy atom. The van der Waals surface area contributed by atoms with Crippen molar-refractivity contribution in [2.24, 2.45) is 0 Å². The predicted molar refractivity (Wildman–Crippen MR) is 80.6 cm³/mol. The second kappa shape index (κ2) is 6.95. The molecule has 2 aromatic carbocycles. The summed E-state index contributed by atoms with van der Waals surface area (Å²) in [7, 11) is 0. The number of rotatable bonds is 5. The summed E-state index contributed by atoms with van der Waals surface area (Å²) in [5.41, 5.74) is 1.43. The number of likely N-dealkylation sites (N-methyl/N-ethyl adjacent to an activating group) is 1. The minimum absolute atomic E-state index is 0.0474. The van der Waals surface area contributed by atoms with Crippen LogP contribution in [0.3, 0.4) is 0 Å². The van der Waals surface area contributed by atoms with Gasteiger partial charge >= 0.3 is 0 Å². The van der Waals surface area contributed by atoms with Gasteiger partial charge in [0.2, 0.25) is 0 Å². The number of benzene rings is 2. The summed E-state index contributed by atoms with van der Waals surface area (Å²) in [4.78, 5) is 0. The third kappa shape index (κ3) is 3.87. The van der Waals surface area contributed by atoms with Gasteiger partial charge in [0, 0.05) is 10.5 Å². The minimum atomic E-state index is -0.411. The Balaban J connectivity index is 2.27. The minimum Gasteiger partial charge on any atom is -0.310 e. The van der Waals surface area contributed by atoms with E-state index in [-0.39, 0.29) is 11.9 Å². The van der Waals surface area contributed by atoms with Crippen LogP contribution in [-0.2, 0) is 6.42 Å². The molecule has 0 spiro atoms. The highest BCUT2D eigenvalue weighted by molar-refractivity contribution is 9.10. The quantitative estimate of drug-likeness (QED) is 0.837. The summed E-state index contributed by atoms with van der Waals surface area (Å²) >= 11 is 3.43. The second-order valence-electron chi connectivity index (χ2n) is 4.61. The van der Waals surface area contributed by atoms with Crippen LogP contribution in [0.5, 0.6) is 0 Å². The maximum Gasteiger partial charge on any atom is 0.126 e. The van der Waals surface area contributed by atoms with Crippen molar-refractivity contribution < 1.29 is 8.78 Å². The average Bonchev–Trinajstić information content (AvgIpc) is 2.42. The highest BCUT2D eigenvalue weighted by atomic mass is 79.9. The first-order chi connectivity index (χ1) is 9.60. The Hall–Kier alpha value is -1.26. The van der Waals surface area contributed by atoms with E-state index in [0.717, 1.165) is 22.6 Å². The molecule has 0 saturated carbocycles. The van der Waals surface area contributed by atoms with E-state index in [1.165, 1.54) is 12.1 Å². The highest BCUT2D eigenvalue weighted by Gasteiger charge is 2.14. The highest BCUT2D eigenvalue weighted by Crippen LogP contribution is 2.23. The Morgan fingerprint density at radius 2 is 1.95 bits per heavy atom. The molecule has 0 aromatic heterocycles. The SMILES string of the molecule is CCNC(Cc1cc(F)ccc1F)c1cccc(Br)c1. The molecule has 2 aromatic rings. The van der Waals surface area contributed by atoms with E-state index in [4.69, 9.17) is 0 Å². The van der Waals surface area contributed by atoms with Crippen LogP contribution >= 0.6 is 15.9 Å². The molecular weight excluding hydrogens is 324 g/mol. The Labute approximate surface area is 126 Å². The normalized spacial score (nSPS) is 12.4. The fourth-order valence-corrected chi connectivity index (χ4v) is 2.61. The zero-order valence-corrected chi connectivity index (χ0v) is 12.8. The van der Waals surface area contributed by atoms with Crippen molar-refractivity contribution in [3.8, 4) is 0 Å². The number of halogens is 3. The van der Waals surface area contributed by atoms with Crippen LogP contribution in [0.1, 0.15) is 24.1 Å². The monoisotopic (exact) mass is 339 g/mol. The molecule has 0 fully saturated rings. The van der Waals surface area contributed by atoms with Crippen molar-refractivity contribution in [2.45, 2.75) is 19.4 Å². The molecular formula is C16H16BrF2N. The van der Waals surface area contributed by atoms with Crippen LogP contribution in [0.4, 0.5) is 8.78 Å². The molecule has 0 bridgehead atoms. The first-order valence-corrected chi connectivity index (χ1v) is 7.32. The summed E-state index contributed by atoms with van der Waals surface area (Å²) in [5.74, 6) is -0.782. The Bertz CT molecular complexity index is 586. The third-order valence-electron chi connectivity index (χ3n) is 3.13. The van der Waals surface area contributed by atoms with Crippen molar-refractivity contribution in [1.82, 2.24) is 5.32 Å². The van der Waals surface area contributed by atoms with Gasteiger partial charge in [0.1, 0.15) is 11.6 Å². The number of nitrogens with one attached hydrogen (secondary N) is 1. The van der Waals surface area contributed by atoms with Crippen molar-refractivity contribution in [3.05, 3.63) is 69.7 Å². The maximum absolute atomic E-state index is 13.8. The van der Waals surface area contributed by atoms with Crippen LogP contribution in [0, 0.1) is 11.6 Å². The first kappa shape index (κ1) is 15.1. The number of hydrogen-bond acceptors (Lipinski definition) is 1. The van der Waals surface area contributed by atoms with Gasteiger partial charge in [-0.05, 0) is 54.4 Å². The summed E-state index contributed by atoms with van der Waals surface area (Å²) in [5, 5.41) is 3.31. The van der Waals surface area contributed by atoms with Gasteiger partial charge in [0.25, 0.3) is 0 Å². The van der Waals surface area contributed by atoms with E-state index in [1.807, 2.05) is 31.2 Å². The van der Waals surface area contributed by atoms with Gasteiger partial charge in [-0.1, -0.05) is 35.0 Å². The van der Waals surface area contributed by atoms with Gasteiger partial charge in [-0.25, -0.2) is 8.78 Å². The molecule has 4 heteroatoms. The lowest BCUT2D eigenvalue weighted by Crippen LogP contribution is -2.23. The van der Waals surface area contributed by atoms with Gasteiger partial charge in [0.05, 0.1) is 0 Å². The molecule has 2 rings (SSSR count). The maximum atomic E-state index is 13.8. The van der Waals surface area contributed by atoms with Crippen LogP contribution in [0.2, 0.25) is 0 Å². The molecule has 1 unspecified atom stereocenters. The largest absolute Gasteiger partial charge is 0.310 e. The molecule has 1 N–H and O–H groups in total. The topological polar surface area (TPSA) is 12.0 Å². The van der Waals surface area contributed by atoms with Gasteiger partial charge in [-0.3, -0.25) is 0 Å². The molecule has 1 nitrogen and oxygen atoms in total.